The van der Waals surface area contributed by atoms with Gasteiger partial charge in [-0.3, -0.25) is 9.69 Å². The predicted molar refractivity (Wildman–Crippen MR) is 67.8 cm³/mol. The van der Waals surface area contributed by atoms with Crippen molar-refractivity contribution in [2.45, 2.75) is 20.4 Å². The number of hydrogen-bond donors (Lipinski definition) is 0. The lowest BCUT2D eigenvalue weighted by molar-refractivity contribution is -0.144. The summed E-state index contributed by atoms with van der Waals surface area (Å²) in [6.45, 7) is 4.47. The number of aryl methyl sites for hydroxylation is 1. The van der Waals surface area contributed by atoms with E-state index in [1.165, 1.54) is 7.11 Å². The van der Waals surface area contributed by atoms with Crippen LogP contribution in [-0.4, -0.2) is 44.1 Å². The molecule has 0 N–H and O–H groups in total. The Morgan fingerprint density at radius 3 is 2.68 bits per heavy atom. The van der Waals surface area contributed by atoms with Crippen LogP contribution < -0.4 is 0 Å². The number of furan rings is 1. The van der Waals surface area contributed by atoms with Crippen LogP contribution in [0.5, 0.6) is 0 Å². The molecule has 0 aliphatic carbocycles. The van der Waals surface area contributed by atoms with Gasteiger partial charge >= 0.3 is 11.9 Å². The van der Waals surface area contributed by atoms with E-state index < -0.39 is 5.97 Å². The third kappa shape index (κ3) is 4.40. The van der Waals surface area contributed by atoms with Crippen LogP contribution in [0, 0.1) is 6.92 Å². The van der Waals surface area contributed by atoms with E-state index in [0.29, 0.717) is 24.5 Å². The number of carbonyl (C=O) groups excluding carboxylic acids is 2. The molecule has 0 fully saturated rings. The van der Waals surface area contributed by atoms with Gasteiger partial charge < -0.3 is 13.9 Å². The summed E-state index contributed by atoms with van der Waals surface area (Å²) in [5.74, 6) is 0.00463. The van der Waals surface area contributed by atoms with E-state index in [0.717, 1.165) is 0 Å². The lowest BCUT2D eigenvalue weighted by atomic mass is 10.2. The summed E-state index contributed by atoms with van der Waals surface area (Å²) in [6.07, 6.45) is 0. The molecule has 0 atom stereocenters. The van der Waals surface area contributed by atoms with Crippen LogP contribution in [0.3, 0.4) is 0 Å². The molecule has 0 aliphatic rings. The molecule has 6 heteroatoms. The molecule has 0 saturated heterocycles. The second-order valence-electron chi connectivity index (χ2n) is 4.19. The SMILES string of the molecule is CCOC(=O)CN(C)Cc1cc(C)c(C(=O)OC)o1. The maximum atomic E-state index is 11.4. The summed E-state index contributed by atoms with van der Waals surface area (Å²) in [6, 6.07) is 1.76. The molecule has 19 heavy (non-hydrogen) atoms. The highest BCUT2D eigenvalue weighted by molar-refractivity contribution is 5.87. The molecule has 6 nitrogen and oxygen atoms in total. The minimum absolute atomic E-state index is 0.168. The van der Waals surface area contributed by atoms with E-state index in [2.05, 4.69) is 4.74 Å². The maximum Gasteiger partial charge on any atom is 0.374 e. The molecule has 0 radical (unpaired) electrons. The van der Waals surface area contributed by atoms with Crippen LogP contribution in [0.4, 0.5) is 0 Å². The van der Waals surface area contributed by atoms with Crippen molar-refractivity contribution in [3.63, 3.8) is 0 Å². The van der Waals surface area contributed by atoms with Gasteiger partial charge in [0, 0.05) is 5.56 Å². The standard InChI is InChI=1S/C13H19NO5/c1-5-18-11(15)8-14(3)7-10-6-9(2)12(19-10)13(16)17-4/h6H,5,7-8H2,1-4H3. The number of likely N-dealkylation sites (N-methyl/N-ethyl adjacent to an activating group) is 1. The Balaban J connectivity index is 2.62. The van der Waals surface area contributed by atoms with Gasteiger partial charge in [-0.15, -0.1) is 0 Å². The minimum Gasteiger partial charge on any atom is -0.465 e. The number of rotatable bonds is 6. The summed E-state index contributed by atoms with van der Waals surface area (Å²) < 4.78 is 14.9. The molecule has 106 valence electrons. The van der Waals surface area contributed by atoms with E-state index in [1.807, 2.05) is 0 Å². The van der Waals surface area contributed by atoms with E-state index in [-0.39, 0.29) is 18.3 Å². The zero-order valence-electron chi connectivity index (χ0n) is 11.7. The van der Waals surface area contributed by atoms with Crippen LogP contribution >= 0.6 is 0 Å². The van der Waals surface area contributed by atoms with Crippen molar-refractivity contribution in [2.75, 3.05) is 27.3 Å². The molecular formula is C13H19NO5. The van der Waals surface area contributed by atoms with Crippen molar-refractivity contribution in [2.24, 2.45) is 0 Å². The second-order valence-corrected chi connectivity index (χ2v) is 4.19. The van der Waals surface area contributed by atoms with Gasteiger partial charge in [0.2, 0.25) is 5.76 Å². The Morgan fingerprint density at radius 2 is 2.11 bits per heavy atom. The van der Waals surface area contributed by atoms with E-state index >= 15 is 0 Å². The smallest absolute Gasteiger partial charge is 0.374 e. The van der Waals surface area contributed by atoms with Gasteiger partial charge in [0.05, 0.1) is 26.8 Å². The first-order chi connectivity index (χ1) is 8.97. The van der Waals surface area contributed by atoms with Crippen molar-refractivity contribution in [3.8, 4) is 0 Å². The zero-order valence-corrected chi connectivity index (χ0v) is 11.7. The Bertz CT molecular complexity index is 452. The number of methoxy groups -OCH3 is 1. The molecule has 1 rings (SSSR count). The summed E-state index contributed by atoms with van der Waals surface area (Å²) in [4.78, 5) is 24.4. The van der Waals surface area contributed by atoms with Crippen LogP contribution in [-0.2, 0) is 20.8 Å². The number of nitrogens with zero attached hydrogens (tertiary/aromatic N) is 1. The monoisotopic (exact) mass is 269 g/mol. The number of carbonyl (C=O) groups is 2. The van der Waals surface area contributed by atoms with Gasteiger partial charge in [0.1, 0.15) is 5.76 Å². The molecular weight excluding hydrogens is 250 g/mol. The van der Waals surface area contributed by atoms with Crippen molar-refractivity contribution in [1.29, 1.82) is 0 Å². The molecule has 0 aromatic carbocycles. The third-order valence-corrected chi connectivity index (χ3v) is 2.47. The molecule has 1 aromatic rings. The number of hydrogen-bond acceptors (Lipinski definition) is 6. The normalized spacial score (nSPS) is 10.6. The molecule has 1 aromatic heterocycles. The van der Waals surface area contributed by atoms with Gasteiger partial charge in [-0.25, -0.2) is 4.79 Å². The Morgan fingerprint density at radius 1 is 1.42 bits per heavy atom. The molecule has 1 heterocycles. The summed E-state index contributed by atoms with van der Waals surface area (Å²) in [7, 11) is 3.07. The highest BCUT2D eigenvalue weighted by Crippen LogP contribution is 2.16. The fourth-order valence-corrected chi connectivity index (χ4v) is 1.67. The van der Waals surface area contributed by atoms with Gasteiger partial charge in [-0.2, -0.15) is 0 Å². The van der Waals surface area contributed by atoms with Crippen LogP contribution in [0.2, 0.25) is 0 Å². The van der Waals surface area contributed by atoms with E-state index in [1.54, 1.807) is 31.9 Å². The fourth-order valence-electron chi connectivity index (χ4n) is 1.67. The number of esters is 2. The van der Waals surface area contributed by atoms with Gasteiger partial charge in [0.15, 0.2) is 0 Å². The Labute approximate surface area is 112 Å². The van der Waals surface area contributed by atoms with E-state index in [4.69, 9.17) is 9.15 Å². The van der Waals surface area contributed by atoms with Crippen molar-refractivity contribution in [3.05, 3.63) is 23.2 Å². The average Bonchev–Trinajstić information content (AvgIpc) is 2.69. The van der Waals surface area contributed by atoms with Crippen LogP contribution in [0.25, 0.3) is 0 Å². The highest BCUT2D eigenvalue weighted by Gasteiger charge is 2.17. The van der Waals surface area contributed by atoms with Crippen LogP contribution in [0.1, 0.15) is 28.8 Å². The summed E-state index contributed by atoms with van der Waals surface area (Å²) >= 11 is 0. The molecule has 0 unspecified atom stereocenters. The summed E-state index contributed by atoms with van der Waals surface area (Å²) in [5, 5.41) is 0. The fraction of sp³-hybridized carbons (Fsp3) is 0.538. The largest absolute Gasteiger partial charge is 0.465 e. The van der Waals surface area contributed by atoms with Gasteiger partial charge in [-0.05, 0) is 27.0 Å². The molecule has 0 saturated carbocycles. The van der Waals surface area contributed by atoms with Gasteiger partial charge in [-0.1, -0.05) is 0 Å². The molecule has 0 aliphatic heterocycles. The van der Waals surface area contributed by atoms with Crippen molar-refractivity contribution >= 4 is 11.9 Å². The number of ether oxygens (including phenoxy) is 2. The molecule has 0 bridgehead atoms. The Hall–Kier alpha value is -1.82. The topological polar surface area (TPSA) is 69.0 Å². The lowest BCUT2D eigenvalue weighted by Crippen LogP contribution is -2.26. The first-order valence-electron chi connectivity index (χ1n) is 5.99. The molecule has 0 spiro atoms. The highest BCUT2D eigenvalue weighted by atomic mass is 16.5. The first-order valence-corrected chi connectivity index (χ1v) is 5.99. The zero-order chi connectivity index (χ0) is 14.4. The first kappa shape index (κ1) is 15.2. The lowest BCUT2D eigenvalue weighted by Gasteiger charge is -2.13. The third-order valence-electron chi connectivity index (χ3n) is 2.47. The quantitative estimate of drug-likeness (QED) is 0.726. The maximum absolute atomic E-state index is 11.4. The Kier molecular flexibility index (Phi) is 5.57. The minimum atomic E-state index is -0.503. The second kappa shape index (κ2) is 6.94. The predicted octanol–water partition coefficient (Wildman–Crippen LogP) is 1.37. The van der Waals surface area contributed by atoms with Crippen molar-refractivity contribution in [1.82, 2.24) is 4.90 Å². The van der Waals surface area contributed by atoms with Crippen LogP contribution in [0.15, 0.2) is 10.5 Å². The van der Waals surface area contributed by atoms with E-state index in [9.17, 15) is 9.59 Å². The molecule has 0 amide bonds. The van der Waals surface area contributed by atoms with Gasteiger partial charge in [0.25, 0.3) is 0 Å². The summed E-state index contributed by atoms with van der Waals surface area (Å²) in [5.41, 5.74) is 0.714. The average molecular weight is 269 g/mol. The van der Waals surface area contributed by atoms with Crippen molar-refractivity contribution < 1.29 is 23.5 Å².